The smallest absolute Gasteiger partial charge is 0.162 e. The highest BCUT2D eigenvalue weighted by molar-refractivity contribution is 5.71. The second-order valence-electron chi connectivity index (χ2n) is 5.69. The number of nitrogens with two attached hydrogens (primary N) is 1. The Labute approximate surface area is 146 Å². The van der Waals surface area contributed by atoms with E-state index in [9.17, 15) is 0 Å². The summed E-state index contributed by atoms with van der Waals surface area (Å²) in [5.41, 5.74) is 10.9. The largest absolute Gasteiger partial charge is 0.384 e. The zero-order chi connectivity index (χ0) is 17.1. The van der Waals surface area contributed by atoms with E-state index in [4.69, 9.17) is 5.73 Å². The molecule has 0 radical (unpaired) electrons. The molecule has 0 saturated heterocycles. The highest BCUT2D eigenvalue weighted by atomic mass is 14.9. The molecule has 0 fully saturated rings. The highest BCUT2D eigenvalue weighted by Crippen LogP contribution is 2.26. The molecule has 2 aromatic carbocycles. The third-order valence-electron chi connectivity index (χ3n) is 3.95. The van der Waals surface area contributed by atoms with E-state index in [2.05, 4.69) is 27.1 Å². The van der Waals surface area contributed by atoms with Crippen molar-refractivity contribution in [2.45, 2.75) is 0 Å². The van der Waals surface area contributed by atoms with Crippen molar-refractivity contribution in [1.29, 1.82) is 0 Å². The Bertz CT molecular complexity index is 981. The first kappa shape index (κ1) is 15.0. The molecule has 0 aliphatic carbocycles. The van der Waals surface area contributed by atoms with Crippen LogP contribution in [0, 0.1) is 0 Å². The third-order valence-corrected chi connectivity index (χ3v) is 3.95. The molecule has 0 bridgehead atoms. The predicted octanol–water partition coefficient (Wildman–Crippen LogP) is 4.45. The molecule has 2 heterocycles. The molecule has 0 amide bonds. The molecule has 0 atom stereocenters. The minimum Gasteiger partial charge on any atom is -0.384 e. The Morgan fingerprint density at radius 3 is 2.08 bits per heavy atom. The van der Waals surface area contributed by atoms with Crippen molar-refractivity contribution in [2.24, 2.45) is 0 Å². The molecule has 0 saturated carbocycles. The second-order valence-corrected chi connectivity index (χ2v) is 5.69. The Hall–Kier alpha value is -3.53. The first-order valence-corrected chi connectivity index (χ1v) is 8.00. The van der Waals surface area contributed by atoms with Gasteiger partial charge in [0.05, 0.1) is 5.69 Å². The SMILES string of the molecule is Nc1cc(-c2ccc(-c3cccnc3)cc2)nc(-c2ccccc2)n1. The molecule has 2 aromatic heterocycles. The van der Waals surface area contributed by atoms with Gasteiger partial charge in [-0.15, -0.1) is 0 Å². The summed E-state index contributed by atoms with van der Waals surface area (Å²) < 4.78 is 0. The molecule has 2 N–H and O–H groups in total. The summed E-state index contributed by atoms with van der Waals surface area (Å²) in [4.78, 5) is 13.2. The molecule has 0 spiro atoms. The minimum atomic E-state index is 0.459. The number of benzene rings is 2. The van der Waals surface area contributed by atoms with E-state index in [1.165, 1.54) is 0 Å². The van der Waals surface area contributed by atoms with Crippen molar-refractivity contribution in [3.05, 3.63) is 85.2 Å². The zero-order valence-electron chi connectivity index (χ0n) is 13.5. The number of hydrogen-bond donors (Lipinski definition) is 1. The van der Waals surface area contributed by atoms with Crippen LogP contribution in [-0.2, 0) is 0 Å². The van der Waals surface area contributed by atoms with Gasteiger partial charge in [-0.1, -0.05) is 60.7 Å². The Morgan fingerprint density at radius 1 is 0.640 bits per heavy atom. The van der Waals surface area contributed by atoms with Crippen LogP contribution in [0.1, 0.15) is 0 Å². The van der Waals surface area contributed by atoms with Gasteiger partial charge in [0.15, 0.2) is 5.82 Å². The van der Waals surface area contributed by atoms with Gasteiger partial charge in [0.1, 0.15) is 5.82 Å². The summed E-state index contributed by atoms with van der Waals surface area (Å²) in [6.07, 6.45) is 3.62. The van der Waals surface area contributed by atoms with Crippen LogP contribution in [-0.4, -0.2) is 15.0 Å². The number of nitrogen functional groups attached to an aromatic ring is 1. The molecule has 0 aliphatic heterocycles. The number of aromatic nitrogens is 3. The number of anilines is 1. The van der Waals surface area contributed by atoms with Crippen LogP contribution in [0.15, 0.2) is 85.2 Å². The van der Waals surface area contributed by atoms with Crippen molar-refractivity contribution in [2.75, 3.05) is 5.73 Å². The maximum atomic E-state index is 6.00. The summed E-state index contributed by atoms with van der Waals surface area (Å²) in [6.45, 7) is 0. The fraction of sp³-hybridized carbons (Fsp3) is 0. The van der Waals surface area contributed by atoms with Gasteiger partial charge in [-0.2, -0.15) is 0 Å². The minimum absolute atomic E-state index is 0.459. The van der Waals surface area contributed by atoms with Gasteiger partial charge in [-0.05, 0) is 17.2 Å². The van der Waals surface area contributed by atoms with Crippen LogP contribution in [0.25, 0.3) is 33.8 Å². The summed E-state index contributed by atoms with van der Waals surface area (Å²) >= 11 is 0. The molecule has 4 aromatic rings. The number of hydrogen-bond acceptors (Lipinski definition) is 4. The van der Waals surface area contributed by atoms with Crippen LogP contribution in [0.3, 0.4) is 0 Å². The number of nitrogens with zero attached hydrogens (tertiary/aromatic N) is 3. The number of rotatable bonds is 3. The summed E-state index contributed by atoms with van der Waals surface area (Å²) in [6, 6.07) is 23.8. The molecule has 120 valence electrons. The van der Waals surface area contributed by atoms with Crippen molar-refractivity contribution in [1.82, 2.24) is 15.0 Å². The zero-order valence-corrected chi connectivity index (χ0v) is 13.5. The van der Waals surface area contributed by atoms with Crippen molar-refractivity contribution in [3.8, 4) is 33.8 Å². The van der Waals surface area contributed by atoms with Crippen LogP contribution < -0.4 is 5.73 Å². The average molecular weight is 324 g/mol. The van der Waals surface area contributed by atoms with E-state index >= 15 is 0 Å². The molecule has 4 heteroatoms. The summed E-state index contributed by atoms with van der Waals surface area (Å²) in [7, 11) is 0. The van der Waals surface area contributed by atoms with Gasteiger partial charge in [-0.3, -0.25) is 4.98 Å². The molecule has 0 unspecified atom stereocenters. The van der Waals surface area contributed by atoms with E-state index < -0.39 is 0 Å². The van der Waals surface area contributed by atoms with E-state index in [0.29, 0.717) is 11.6 Å². The predicted molar refractivity (Wildman–Crippen MR) is 101 cm³/mol. The lowest BCUT2D eigenvalue weighted by Crippen LogP contribution is -1.98. The molecule has 4 rings (SSSR count). The van der Waals surface area contributed by atoms with E-state index in [1.54, 1.807) is 12.3 Å². The van der Waals surface area contributed by atoms with Gasteiger partial charge in [0.2, 0.25) is 0 Å². The van der Waals surface area contributed by atoms with Crippen molar-refractivity contribution < 1.29 is 0 Å². The van der Waals surface area contributed by atoms with Gasteiger partial charge in [0.25, 0.3) is 0 Å². The first-order valence-electron chi connectivity index (χ1n) is 8.00. The lowest BCUT2D eigenvalue weighted by atomic mass is 10.0. The van der Waals surface area contributed by atoms with Crippen LogP contribution in [0.5, 0.6) is 0 Å². The Kier molecular flexibility index (Phi) is 3.92. The molecule has 25 heavy (non-hydrogen) atoms. The second kappa shape index (κ2) is 6.53. The lowest BCUT2D eigenvalue weighted by Gasteiger charge is -2.07. The standard InChI is InChI=1S/C21H16N4/c22-20-13-19(24-21(25-20)17-5-2-1-3-6-17)16-10-8-15(9-11-16)18-7-4-12-23-14-18/h1-14H,(H2,22,24,25). The van der Waals surface area contributed by atoms with Crippen molar-refractivity contribution in [3.63, 3.8) is 0 Å². The quantitative estimate of drug-likeness (QED) is 0.604. The molecular formula is C21H16N4. The molecule has 0 aliphatic rings. The van der Waals surface area contributed by atoms with E-state index in [-0.39, 0.29) is 0 Å². The lowest BCUT2D eigenvalue weighted by molar-refractivity contribution is 1.19. The van der Waals surface area contributed by atoms with Crippen LogP contribution in [0.2, 0.25) is 0 Å². The maximum Gasteiger partial charge on any atom is 0.162 e. The summed E-state index contributed by atoms with van der Waals surface area (Å²) in [5.74, 6) is 1.09. The molecule has 4 nitrogen and oxygen atoms in total. The van der Waals surface area contributed by atoms with E-state index in [1.807, 2.05) is 60.8 Å². The topological polar surface area (TPSA) is 64.7 Å². The highest BCUT2D eigenvalue weighted by Gasteiger charge is 2.07. The van der Waals surface area contributed by atoms with E-state index in [0.717, 1.165) is 27.9 Å². The first-order chi connectivity index (χ1) is 12.3. The third kappa shape index (κ3) is 3.23. The maximum absolute atomic E-state index is 6.00. The summed E-state index contributed by atoms with van der Waals surface area (Å²) in [5, 5.41) is 0. The van der Waals surface area contributed by atoms with Crippen LogP contribution in [0.4, 0.5) is 5.82 Å². The molecular weight excluding hydrogens is 308 g/mol. The van der Waals surface area contributed by atoms with Gasteiger partial charge in [0, 0.05) is 29.6 Å². The fourth-order valence-electron chi connectivity index (χ4n) is 2.70. The monoisotopic (exact) mass is 324 g/mol. The van der Waals surface area contributed by atoms with Gasteiger partial charge < -0.3 is 5.73 Å². The van der Waals surface area contributed by atoms with Gasteiger partial charge >= 0.3 is 0 Å². The average Bonchev–Trinajstić information content (AvgIpc) is 2.69. The van der Waals surface area contributed by atoms with Gasteiger partial charge in [-0.25, -0.2) is 9.97 Å². The Balaban J connectivity index is 1.71. The normalized spacial score (nSPS) is 10.6. The van der Waals surface area contributed by atoms with Crippen LogP contribution >= 0.6 is 0 Å². The number of pyridine rings is 1. The fourth-order valence-corrected chi connectivity index (χ4v) is 2.70. The Morgan fingerprint density at radius 2 is 1.36 bits per heavy atom. The van der Waals surface area contributed by atoms with Crippen molar-refractivity contribution >= 4 is 5.82 Å².